The number of aryl methyl sites for hydroxylation is 1. The molecule has 0 unspecified atom stereocenters. The molecule has 0 saturated carbocycles. The summed E-state index contributed by atoms with van der Waals surface area (Å²) in [6, 6.07) is 14.1. The van der Waals surface area contributed by atoms with Crippen LogP contribution in [0.15, 0.2) is 58.2 Å². The number of morpholine rings is 1. The van der Waals surface area contributed by atoms with Crippen molar-refractivity contribution < 1.29 is 23.0 Å². The van der Waals surface area contributed by atoms with Gasteiger partial charge in [-0.2, -0.15) is 8.78 Å². The van der Waals surface area contributed by atoms with Crippen LogP contribution in [0.2, 0.25) is 10.0 Å². The van der Waals surface area contributed by atoms with Crippen molar-refractivity contribution in [3.8, 4) is 5.75 Å². The lowest BCUT2D eigenvalue weighted by Gasteiger charge is -2.49. The summed E-state index contributed by atoms with van der Waals surface area (Å²) in [5.41, 5.74) is 4.60. The average molecular weight is 666 g/mol. The molecule has 0 radical (unpaired) electrons. The van der Waals surface area contributed by atoms with E-state index in [9.17, 15) is 13.6 Å². The van der Waals surface area contributed by atoms with Crippen LogP contribution in [0, 0.1) is 0 Å². The highest BCUT2D eigenvalue weighted by Crippen LogP contribution is 2.64. The van der Waals surface area contributed by atoms with Crippen molar-refractivity contribution in [3.05, 3.63) is 69.7 Å². The van der Waals surface area contributed by atoms with E-state index in [1.165, 1.54) is 11.3 Å². The number of carbonyl (C=O) groups excluding carboxylic acids is 1. The predicted octanol–water partition coefficient (Wildman–Crippen LogP) is 8.35. The Morgan fingerprint density at radius 2 is 1.67 bits per heavy atom. The smallest absolute Gasteiger partial charge is 0.408 e. The molecular formula is C30H29Cl2F2N4O3PS. The quantitative estimate of drug-likeness (QED) is 0.202. The molecule has 13 heteroatoms. The van der Waals surface area contributed by atoms with Gasteiger partial charge in [-0.1, -0.05) is 35.0 Å². The maximum Gasteiger partial charge on any atom is 0.425 e. The molecule has 0 bridgehead atoms. The lowest BCUT2D eigenvalue weighted by atomic mass is 9.91. The molecule has 0 aliphatic carbocycles. The van der Waals surface area contributed by atoms with Crippen LogP contribution < -0.4 is 19.6 Å². The topological polar surface area (TPSA) is 57.6 Å². The summed E-state index contributed by atoms with van der Waals surface area (Å²) in [7, 11) is -3.16. The van der Waals surface area contributed by atoms with Crippen molar-refractivity contribution in [2.75, 3.05) is 49.0 Å². The van der Waals surface area contributed by atoms with Gasteiger partial charge in [0.25, 0.3) is 5.76 Å². The maximum atomic E-state index is 14.4. The van der Waals surface area contributed by atoms with Gasteiger partial charge in [-0.3, -0.25) is 0 Å². The monoisotopic (exact) mass is 664 g/mol. The maximum absolute atomic E-state index is 14.4. The number of rotatable bonds is 5. The van der Waals surface area contributed by atoms with Crippen molar-refractivity contribution in [1.29, 1.82) is 0 Å². The van der Waals surface area contributed by atoms with E-state index in [2.05, 4.69) is 15.6 Å². The summed E-state index contributed by atoms with van der Waals surface area (Å²) < 4.78 is 47.6. The van der Waals surface area contributed by atoms with Gasteiger partial charge >= 0.3 is 6.09 Å². The molecule has 0 aromatic heterocycles. The minimum Gasteiger partial charge on any atom is -0.408 e. The Labute approximate surface area is 263 Å². The molecule has 7 nitrogen and oxygen atoms in total. The molecule has 1 amide bonds. The second-order valence-corrected chi connectivity index (χ2v) is 15.5. The van der Waals surface area contributed by atoms with Gasteiger partial charge in [-0.05, 0) is 79.8 Å². The Hall–Kier alpha value is -2.33. The third-order valence-electron chi connectivity index (χ3n) is 8.26. The van der Waals surface area contributed by atoms with Gasteiger partial charge in [-0.15, -0.1) is 0 Å². The minimum atomic E-state index is -3.16. The van der Waals surface area contributed by atoms with E-state index in [1.54, 1.807) is 47.1 Å². The number of fused-ring (bicyclic) bond motifs is 2. The number of hydrogen-bond donors (Lipinski definition) is 0. The highest BCUT2D eigenvalue weighted by atomic mass is 35.5. The number of nitrogens with zero attached hydrogens (tertiary/aromatic N) is 4. The molecule has 0 N–H and O–H groups in total. The number of halogens is 4. The first-order valence-electron chi connectivity index (χ1n) is 14.3. The van der Waals surface area contributed by atoms with Gasteiger partial charge in [0.15, 0.2) is 7.36 Å². The predicted molar refractivity (Wildman–Crippen MR) is 170 cm³/mol. The van der Waals surface area contributed by atoms with E-state index in [0.717, 1.165) is 49.6 Å². The van der Waals surface area contributed by atoms with E-state index >= 15 is 0 Å². The first kappa shape index (κ1) is 29.4. The molecule has 3 aromatic carbocycles. The largest absolute Gasteiger partial charge is 0.425 e. The number of carbonyl (C=O) groups is 1. The first-order chi connectivity index (χ1) is 20.8. The molecule has 1 saturated heterocycles. The fraction of sp³-hybridized carbons (Fsp3) is 0.367. The van der Waals surface area contributed by atoms with Crippen LogP contribution in [0.4, 0.5) is 30.6 Å². The Balaban J connectivity index is 1.54. The SMILES string of the molecule is O=C1Oc2c(cc3c4c2CCCN4CCC3)[P@](=Nc2ccc(SC(F)F)cc2)(N2CCOCC2)N1c1ccc(Cl)c(Cl)c1. The van der Waals surface area contributed by atoms with Crippen molar-refractivity contribution in [2.45, 2.75) is 36.3 Å². The molecule has 1 atom stereocenters. The standard InChI is InChI=1S/C30H29Cl2F2N4O3PS/c31-24-10-7-21(18-25(24)32)38-30(39)41-28-23-4-2-12-36-11-1-3-19(27(23)36)17-26(28)42(38,37-13-15-40-16-14-37)35-20-5-8-22(9-6-20)43-29(33)34/h5-10,17-18,29H,1-4,11-16H2/t42-/m0/s1. The van der Waals surface area contributed by atoms with Crippen molar-refractivity contribution in [3.63, 3.8) is 0 Å². The summed E-state index contributed by atoms with van der Waals surface area (Å²) in [4.78, 5) is 17.2. The number of amides is 1. The summed E-state index contributed by atoms with van der Waals surface area (Å²) in [6.45, 7) is 4.01. The zero-order chi connectivity index (χ0) is 29.7. The first-order valence-corrected chi connectivity index (χ1v) is 17.6. The lowest BCUT2D eigenvalue weighted by Crippen LogP contribution is -2.50. The number of ether oxygens (including phenoxy) is 2. The lowest BCUT2D eigenvalue weighted by molar-refractivity contribution is 0.0742. The van der Waals surface area contributed by atoms with Crippen molar-refractivity contribution >= 4 is 70.8 Å². The van der Waals surface area contributed by atoms with Crippen LogP contribution in [-0.4, -0.2) is 55.9 Å². The fourth-order valence-electron chi connectivity index (χ4n) is 6.51. The molecule has 226 valence electrons. The van der Waals surface area contributed by atoms with Crippen molar-refractivity contribution in [1.82, 2.24) is 4.67 Å². The van der Waals surface area contributed by atoms with Crippen LogP contribution in [0.1, 0.15) is 24.0 Å². The van der Waals surface area contributed by atoms with Gasteiger partial charge < -0.3 is 14.4 Å². The molecule has 0 spiro atoms. The van der Waals surface area contributed by atoms with Crippen LogP contribution in [-0.2, 0) is 17.6 Å². The number of alkyl halides is 2. The van der Waals surface area contributed by atoms with Gasteiger partial charge in [0.1, 0.15) is 5.75 Å². The molecule has 43 heavy (non-hydrogen) atoms. The number of benzene rings is 3. The molecule has 7 rings (SSSR count). The van der Waals surface area contributed by atoms with E-state index in [1.807, 2.05) is 0 Å². The summed E-state index contributed by atoms with van der Waals surface area (Å²) in [5, 5.41) is 1.56. The second kappa shape index (κ2) is 11.9. The summed E-state index contributed by atoms with van der Waals surface area (Å²) in [6.07, 6.45) is 3.22. The van der Waals surface area contributed by atoms with Crippen LogP contribution >= 0.6 is 42.3 Å². The third kappa shape index (κ3) is 5.24. The second-order valence-electron chi connectivity index (χ2n) is 10.8. The Kier molecular flexibility index (Phi) is 8.12. The third-order valence-corrected chi connectivity index (χ3v) is 13.4. The highest BCUT2D eigenvalue weighted by molar-refractivity contribution is 7.99. The molecule has 3 aromatic rings. The normalized spacial score (nSPS) is 21.8. The molecule has 1 fully saturated rings. The zero-order valence-corrected chi connectivity index (χ0v) is 26.4. The Morgan fingerprint density at radius 3 is 2.40 bits per heavy atom. The average Bonchev–Trinajstić information content (AvgIpc) is 3.01. The fourth-order valence-corrected chi connectivity index (χ4v) is 11.1. The number of hydrogen-bond acceptors (Lipinski definition) is 6. The molecule has 4 aliphatic heterocycles. The number of thioether (sulfide) groups is 1. The van der Waals surface area contributed by atoms with Crippen LogP contribution in [0.25, 0.3) is 0 Å². The van der Waals surface area contributed by atoms with Gasteiger partial charge in [0.2, 0.25) is 0 Å². The Bertz CT molecular complexity index is 1640. The van der Waals surface area contributed by atoms with E-state index in [4.69, 9.17) is 37.4 Å². The van der Waals surface area contributed by atoms with E-state index in [0.29, 0.717) is 70.1 Å². The zero-order valence-electron chi connectivity index (χ0n) is 23.1. The minimum absolute atomic E-state index is 0.308. The van der Waals surface area contributed by atoms with E-state index in [-0.39, 0.29) is 0 Å². The highest BCUT2D eigenvalue weighted by Gasteiger charge is 2.49. The van der Waals surface area contributed by atoms with Gasteiger partial charge in [-0.25, -0.2) is 18.9 Å². The summed E-state index contributed by atoms with van der Waals surface area (Å²) in [5.74, 6) is -1.93. The van der Waals surface area contributed by atoms with Crippen molar-refractivity contribution in [2.24, 2.45) is 4.74 Å². The molecule has 4 heterocycles. The van der Waals surface area contributed by atoms with Crippen LogP contribution in [0.5, 0.6) is 5.75 Å². The molecule has 4 aliphatic rings. The van der Waals surface area contributed by atoms with Gasteiger partial charge in [0, 0.05) is 42.3 Å². The number of anilines is 2. The van der Waals surface area contributed by atoms with Crippen LogP contribution in [0.3, 0.4) is 0 Å². The van der Waals surface area contributed by atoms with Gasteiger partial charge in [0.05, 0.1) is 39.9 Å². The Morgan fingerprint density at radius 1 is 0.930 bits per heavy atom. The molecular weight excluding hydrogens is 636 g/mol. The summed E-state index contributed by atoms with van der Waals surface area (Å²) >= 11 is 13.3. The van der Waals surface area contributed by atoms with E-state index < -0.39 is 19.2 Å².